The molecule has 5 nitrogen and oxygen atoms in total. The lowest BCUT2D eigenvalue weighted by Crippen LogP contribution is -2.40. The summed E-state index contributed by atoms with van der Waals surface area (Å²) in [7, 11) is 1.70. The van der Waals surface area contributed by atoms with Crippen molar-refractivity contribution >= 4 is 5.82 Å². The van der Waals surface area contributed by atoms with Gasteiger partial charge in [0.25, 0.3) is 0 Å². The molecule has 0 atom stereocenters. The first-order valence-corrected chi connectivity index (χ1v) is 9.34. The SMILES string of the molecule is COc1ccc(C2(CNc3cc(C)nc(C(C)C)n3)CCOCC2)cc1. The first-order chi connectivity index (χ1) is 12.5. The van der Waals surface area contributed by atoms with E-state index in [0.717, 1.165) is 55.7 Å². The number of nitrogens with zero attached hydrogens (tertiary/aromatic N) is 2. The average Bonchev–Trinajstić information content (AvgIpc) is 2.67. The first kappa shape index (κ1) is 18.6. The van der Waals surface area contributed by atoms with E-state index in [-0.39, 0.29) is 5.41 Å². The standard InChI is InChI=1S/C21H29N3O2/c1-15(2)20-23-16(3)13-19(24-20)22-14-21(9-11-26-12-10-21)17-5-7-18(25-4)8-6-17/h5-8,13,15H,9-12,14H2,1-4H3,(H,22,23,24). The van der Waals surface area contributed by atoms with Crippen molar-refractivity contribution in [2.24, 2.45) is 0 Å². The zero-order chi connectivity index (χ0) is 18.6. The lowest BCUT2D eigenvalue weighted by molar-refractivity contribution is 0.0543. The molecule has 0 unspecified atom stereocenters. The normalized spacial score (nSPS) is 16.5. The fraction of sp³-hybridized carbons (Fsp3) is 0.524. The Hall–Kier alpha value is -2.14. The van der Waals surface area contributed by atoms with E-state index in [4.69, 9.17) is 14.5 Å². The van der Waals surface area contributed by atoms with E-state index >= 15 is 0 Å². The molecule has 0 bridgehead atoms. The zero-order valence-electron chi connectivity index (χ0n) is 16.2. The zero-order valence-corrected chi connectivity index (χ0v) is 16.2. The number of hydrogen-bond acceptors (Lipinski definition) is 5. The Balaban J connectivity index is 1.83. The van der Waals surface area contributed by atoms with Crippen LogP contribution in [0.25, 0.3) is 0 Å². The highest BCUT2D eigenvalue weighted by molar-refractivity contribution is 5.40. The Bertz CT molecular complexity index is 723. The highest BCUT2D eigenvalue weighted by atomic mass is 16.5. The number of methoxy groups -OCH3 is 1. The number of benzene rings is 1. The van der Waals surface area contributed by atoms with Gasteiger partial charge in [0.2, 0.25) is 0 Å². The third kappa shape index (κ3) is 4.15. The Kier molecular flexibility index (Phi) is 5.77. The summed E-state index contributed by atoms with van der Waals surface area (Å²) in [5.74, 6) is 2.99. The predicted octanol–water partition coefficient (Wildman–Crippen LogP) is 4.08. The van der Waals surface area contributed by atoms with Gasteiger partial charge in [-0.15, -0.1) is 0 Å². The molecule has 1 saturated heterocycles. The Labute approximate surface area is 156 Å². The van der Waals surface area contributed by atoms with Gasteiger partial charge in [0.05, 0.1) is 7.11 Å². The monoisotopic (exact) mass is 355 g/mol. The molecule has 3 rings (SSSR count). The first-order valence-electron chi connectivity index (χ1n) is 9.34. The van der Waals surface area contributed by atoms with Gasteiger partial charge in [0.1, 0.15) is 17.4 Å². The van der Waals surface area contributed by atoms with Crippen molar-refractivity contribution in [1.82, 2.24) is 9.97 Å². The van der Waals surface area contributed by atoms with Crippen LogP contribution in [0.2, 0.25) is 0 Å². The maximum absolute atomic E-state index is 5.63. The molecule has 2 heterocycles. The van der Waals surface area contributed by atoms with Crippen LogP contribution in [-0.2, 0) is 10.2 Å². The fourth-order valence-electron chi connectivity index (χ4n) is 3.47. The van der Waals surface area contributed by atoms with Gasteiger partial charge in [0, 0.05) is 42.9 Å². The number of anilines is 1. The lowest BCUT2D eigenvalue weighted by atomic mass is 9.74. The van der Waals surface area contributed by atoms with Crippen molar-refractivity contribution in [2.75, 3.05) is 32.2 Å². The number of ether oxygens (including phenoxy) is 2. The second-order valence-corrected chi connectivity index (χ2v) is 7.38. The van der Waals surface area contributed by atoms with Gasteiger partial charge in [0.15, 0.2) is 0 Å². The molecule has 0 radical (unpaired) electrons. The summed E-state index contributed by atoms with van der Waals surface area (Å²) in [5, 5.41) is 3.58. The van der Waals surface area contributed by atoms with Gasteiger partial charge in [-0.05, 0) is 37.5 Å². The number of hydrogen-bond donors (Lipinski definition) is 1. The molecular formula is C21H29N3O2. The average molecular weight is 355 g/mol. The van der Waals surface area contributed by atoms with Crippen molar-refractivity contribution in [1.29, 1.82) is 0 Å². The van der Waals surface area contributed by atoms with Gasteiger partial charge in [-0.1, -0.05) is 26.0 Å². The predicted molar refractivity (Wildman–Crippen MR) is 104 cm³/mol. The molecule has 26 heavy (non-hydrogen) atoms. The minimum atomic E-state index is 0.0430. The van der Waals surface area contributed by atoms with Crippen molar-refractivity contribution in [3.8, 4) is 5.75 Å². The third-order valence-corrected chi connectivity index (χ3v) is 5.15. The van der Waals surface area contributed by atoms with E-state index in [1.807, 2.05) is 25.1 Å². The molecule has 1 aromatic heterocycles. The van der Waals surface area contributed by atoms with Crippen LogP contribution in [-0.4, -0.2) is 36.8 Å². The quantitative estimate of drug-likeness (QED) is 0.846. The maximum Gasteiger partial charge on any atom is 0.133 e. The highest BCUT2D eigenvalue weighted by Gasteiger charge is 2.34. The second-order valence-electron chi connectivity index (χ2n) is 7.38. The Morgan fingerprint density at radius 1 is 1.15 bits per heavy atom. The maximum atomic E-state index is 5.63. The molecule has 1 aliphatic rings. The topological polar surface area (TPSA) is 56.3 Å². The van der Waals surface area contributed by atoms with Crippen molar-refractivity contribution < 1.29 is 9.47 Å². The van der Waals surface area contributed by atoms with Gasteiger partial charge < -0.3 is 14.8 Å². The van der Waals surface area contributed by atoms with Crippen LogP contribution in [0.5, 0.6) is 5.75 Å². The van der Waals surface area contributed by atoms with Crippen LogP contribution in [0, 0.1) is 6.92 Å². The molecule has 0 aliphatic carbocycles. The molecule has 1 aromatic carbocycles. The van der Waals surface area contributed by atoms with E-state index in [0.29, 0.717) is 5.92 Å². The van der Waals surface area contributed by atoms with E-state index in [1.54, 1.807) is 7.11 Å². The Morgan fingerprint density at radius 3 is 2.46 bits per heavy atom. The van der Waals surface area contributed by atoms with Crippen LogP contribution in [0.1, 0.15) is 49.7 Å². The number of aryl methyl sites for hydroxylation is 1. The second kappa shape index (κ2) is 8.04. The number of rotatable bonds is 6. The van der Waals surface area contributed by atoms with Gasteiger partial charge in [-0.25, -0.2) is 9.97 Å². The molecule has 0 spiro atoms. The largest absolute Gasteiger partial charge is 0.497 e. The van der Waals surface area contributed by atoms with Crippen LogP contribution in [0.4, 0.5) is 5.82 Å². The lowest BCUT2D eigenvalue weighted by Gasteiger charge is -2.38. The van der Waals surface area contributed by atoms with Gasteiger partial charge in [-0.3, -0.25) is 0 Å². The van der Waals surface area contributed by atoms with Crippen LogP contribution < -0.4 is 10.1 Å². The summed E-state index contributed by atoms with van der Waals surface area (Å²) < 4.78 is 10.9. The molecular weight excluding hydrogens is 326 g/mol. The number of aromatic nitrogens is 2. The minimum Gasteiger partial charge on any atom is -0.497 e. The molecule has 140 valence electrons. The molecule has 1 aliphatic heterocycles. The minimum absolute atomic E-state index is 0.0430. The Morgan fingerprint density at radius 2 is 1.85 bits per heavy atom. The molecule has 5 heteroatoms. The number of nitrogens with one attached hydrogen (secondary N) is 1. The van der Waals surface area contributed by atoms with E-state index in [2.05, 4.69) is 36.3 Å². The van der Waals surface area contributed by atoms with E-state index in [9.17, 15) is 0 Å². The molecule has 1 N–H and O–H groups in total. The summed E-state index contributed by atoms with van der Waals surface area (Å²) in [5.41, 5.74) is 2.36. The van der Waals surface area contributed by atoms with Crippen LogP contribution in [0.3, 0.4) is 0 Å². The summed E-state index contributed by atoms with van der Waals surface area (Å²) in [4.78, 5) is 9.23. The van der Waals surface area contributed by atoms with Gasteiger partial charge >= 0.3 is 0 Å². The van der Waals surface area contributed by atoms with E-state index < -0.39 is 0 Å². The summed E-state index contributed by atoms with van der Waals surface area (Å²) in [6.45, 7) is 8.66. The van der Waals surface area contributed by atoms with Crippen molar-refractivity contribution in [3.05, 3.63) is 47.4 Å². The van der Waals surface area contributed by atoms with E-state index in [1.165, 1.54) is 5.56 Å². The fourth-order valence-corrected chi connectivity index (χ4v) is 3.47. The molecule has 2 aromatic rings. The summed E-state index contributed by atoms with van der Waals surface area (Å²) in [6, 6.07) is 10.5. The van der Waals surface area contributed by atoms with Crippen LogP contribution in [0.15, 0.2) is 30.3 Å². The molecule has 0 amide bonds. The smallest absolute Gasteiger partial charge is 0.133 e. The summed E-state index contributed by atoms with van der Waals surface area (Å²) in [6.07, 6.45) is 1.99. The van der Waals surface area contributed by atoms with Crippen LogP contribution >= 0.6 is 0 Å². The molecule has 0 saturated carbocycles. The highest BCUT2D eigenvalue weighted by Crippen LogP contribution is 2.36. The van der Waals surface area contributed by atoms with Gasteiger partial charge in [-0.2, -0.15) is 0 Å². The summed E-state index contributed by atoms with van der Waals surface area (Å²) >= 11 is 0. The van der Waals surface area contributed by atoms with Crippen molar-refractivity contribution in [3.63, 3.8) is 0 Å². The van der Waals surface area contributed by atoms with Crippen molar-refractivity contribution in [2.45, 2.75) is 44.9 Å². The molecule has 1 fully saturated rings. The third-order valence-electron chi connectivity index (χ3n) is 5.15.